The first kappa shape index (κ1) is 46.1. The van der Waals surface area contributed by atoms with Gasteiger partial charge in [0.05, 0.1) is 0 Å². The van der Waals surface area contributed by atoms with E-state index in [-0.39, 0.29) is 88.7 Å². The summed E-state index contributed by atoms with van der Waals surface area (Å²) in [7, 11) is 0. The molecule has 0 aromatic carbocycles. The van der Waals surface area contributed by atoms with Crippen LogP contribution in [0.1, 0.15) is 0 Å². The fourth-order valence-electron chi connectivity index (χ4n) is 0.667. The minimum Gasteiger partial charge on any atom is 1.00 e. The van der Waals surface area contributed by atoms with Gasteiger partial charge in [-0.15, -0.1) is 0 Å². The maximum atomic E-state index is 10.5. The van der Waals surface area contributed by atoms with Gasteiger partial charge in [-0.1, -0.05) is 0 Å². The molecule has 0 aromatic heterocycles. The molecule has 0 aliphatic carbocycles. The minimum atomic E-state index is -10.3. The van der Waals surface area contributed by atoms with Gasteiger partial charge in [0.25, 0.3) is 0 Å². The first-order valence-electron chi connectivity index (χ1n) is 4.09. The van der Waals surface area contributed by atoms with Crippen molar-refractivity contribution >= 4 is 0 Å². The summed E-state index contributed by atoms with van der Waals surface area (Å²) < 4.78 is -19.6. The number of nitrogens with zero attached hydrogens (tertiary/aromatic N) is 6. The molecule has 0 spiro atoms. The molecule has 0 amide bonds. The molecule has 0 rings (SSSR count). The maximum absolute atomic E-state index is 10.5. The van der Waals surface area contributed by atoms with Gasteiger partial charge in [-0.2, -0.15) is 0 Å². The minimum absolute atomic E-state index is 0. The number of hydrazine groups is 3. The van der Waals surface area contributed by atoms with E-state index in [2.05, 4.69) is 35.1 Å². The first-order chi connectivity index (χ1) is 11.3. The molecule has 156 valence electrons. The van der Waals surface area contributed by atoms with Crippen LogP contribution in [-0.4, -0.2) is 23.8 Å². The zero-order valence-corrected chi connectivity index (χ0v) is 21.4. The fourth-order valence-corrected chi connectivity index (χ4v) is 2.75. The average molecular weight is 500 g/mol. The Labute approximate surface area is 217 Å². The summed E-state index contributed by atoms with van der Waals surface area (Å²) in [5.41, 5.74) is 0. The molecule has 0 atom stereocenters. The Bertz CT molecular complexity index is 447. The van der Waals surface area contributed by atoms with Crippen molar-refractivity contribution in [2.45, 2.75) is 0 Å². The zero-order valence-electron chi connectivity index (χ0n) is 14.4. The Morgan fingerprint density at radius 2 is 0.464 bits per heavy atom. The second-order valence-electron chi connectivity index (χ2n) is 2.18. The molecule has 0 bridgehead atoms. The standard InChI is InChI=1S/Co.3H4N2.6NO2.3Na/c;3*1-2;6*2-1-3;;;/h;3*1-2H2;;;;;;;;;/q-3;;;;;;;;;;3*+1. The quantitative estimate of drug-likeness (QED) is 0.0852. The Balaban J connectivity index is -0.0000000888. The van der Waals surface area contributed by atoms with E-state index >= 15 is 0 Å². The van der Waals surface area contributed by atoms with Crippen LogP contribution in [0.25, 0.3) is 0 Å². The van der Waals surface area contributed by atoms with Crippen molar-refractivity contribution in [1.82, 2.24) is 0 Å². The van der Waals surface area contributed by atoms with Gasteiger partial charge in [-0.25, -0.2) is 0 Å². The van der Waals surface area contributed by atoms with Crippen molar-refractivity contribution in [3.63, 3.8) is 0 Å². The third-order valence-electron chi connectivity index (χ3n) is 1.63. The first-order valence-corrected chi connectivity index (χ1v) is 6.88. The van der Waals surface area contributed by atoms with Crippen molar-refractivity contribution in [2.24, 2.45) is 35.1 Å². The Hall–Kier alpha value is -0.334. The third kappa shape index (κ3) is 4.39. The molecule has 0 fully saturated rings. The van der Waals surface area contributed by atoms with Crippen molar-refractivity contribution in [1.29, 1.82) is 0 Å². The number of nitrogens with two attached hydrogens (primary N) is 6. The van der Waals surface area contributed by atoms with Crippen LogP contribution in [0, 0.1) is 60.7 Å². The van der Waals surface area contributed by atoms with E-state index in [1.54, 1.807) is 0 Å². The number of nitro groups is 6. The van der Waals surface area contributed by atoms with E-state index in [9.17, 15) is 60.7 Å². The molecule has 28 heteroatoms. The Morgan fingerprint density at radius 3 is 0.464 bits per heavy atom. The summed E-state index contributed by atoms with van der Waals surface area (Å²) >= 11 is -10.3. The number of rotatable bonds is 6. The van der Waals surface area contributed by atoms with Crippen LogP contribution in [0.2, 0.25) is 0 Å². The van der Waals surface area contributed by atoms with E-state index in [0.29, 0.717) is 0 Å². The molecule has 0 aromatic rings. The molecule has 0 radical (unpaired) electrons. The normalized spacial score (nSPS) is 10.5. The smallest absolute Gasteiger partial charge is 1.00 e. The predicted molar refractivity (Wildman–Crippen MR) is 67.1 cm³/mol. The van der Waals surface area contributed by atoms with Crippen LogP contribution in [0.5, 0.6) is 0 Å². The zero-order chi connectivity index (χ0) is 21.9. The number of hydrogen-bond acceptors (Lipinski definition) is 18. The van der Waals surface area contributed by atoms with Gasteiger partial charge in [0.2, 0.25) is 0 Å². The Morgan fingerprint density at radius 1 is 0.393 bits per heavy atom. The SMILES string of the molecule is NN.NN.NN.O=[N+]([O-])[Co-3]([N+](=O)[O-])([N+](=O)[O-])([N+](=O)[O-])([N+](=O)[O-])[N+](=O)[O-].[Na+].[Na+].[Na+]. The molecule has 0 unspecified atom stereocenters. The van der Waals surface area contributed by atoms with Crippen LogP contribution in [-0.2, 0) is 11.8 Å². The monoisotopic (exact) mass is 500 g/mol. The molecule has 24 nitrogen and oxygen atoms in total. The number of hydrogen-bond donors (Lipinski definition) is 6. The van der Waals surface area contributed by atoms with E-state index < -0.39 is 35.7 Å². The van der Waals surface area contributed by atoms with Gasteiger partial charge in [0.15, 0.2) is 0 Å². The summed E-state index contributed by atoms with van der Waals surface area (Å²) in [5.74, 6) is 24.0. The van der Waals surface area contributed by atoms with Crippen LogP contribution < -0.4 is 124 Å². The second-order valence-corrected chi connectivity index (χ2v) is 7.58. The largest absolute Gasteiger partial charge is 1.00 e. The van der Waals surface area contributed by atoms with E-state index in [4.69, 9.17) is 0 Å². The topological polar surface area (TPSA) is 415 Å². The van der Waals surface area contributed by atoms with Gasteiger partial charge in [0, 0.05) is 0 Å². The van der Waals surface area contributed by atoms with E-state index in [1.165, 1.54) is 0 Å². The molecular formula is H12CoN12Na3O12. The van der Waals surface area contributed by atoms with Crippen molar-refractivity contribution in [2.75, 3.05) is 0 Å². The van der Waals surface area contributed by atoms with Gasteiger partial charge in [-0.05, 0) is 0 Å². The molecule has 12 N–H and O–H groups in total. The molecular weight excluding hydrogens is 488 g/mol. The van der Waals surface area contributed by atoms with Crippen molar-refractivity contribution < 1.29 is 124 Å². The predicted octanol–water partition coefficient (Wildman–Crippen LogP) is -14.2. The maximum Gasteiger partial charge on any atom is 1.00 e. The summed E-state index contributed by atoms with van der Waals surface area (Å²) in [4.78, 5) is 63.2. The summed E-state index contributed by atoms with van der Waals surface area (Å²) in [6.07, 6.45) is 0. The van der Waals surface area contributed by atoms with Gasteiger partial charge >= 0.3 is 185 Å². The molecule has 0 saturated carbocycles. The van der Waals surface area contributed by atoms with E-state index in [1.807, 2.05) is 0 Å². The summed E-state index contributed by atoms with van der Waals surface area (Å²) in [5, 5.41) is 63.2. The van der Waals surface area contributed by atoms with Crippen LogP contribution in [0.15, 0.2) is 0 Å². The molecule has 0 aliphatic rings. The fraction of sp³-hybridized carbons (Fsp3) is 0. The van der Waals surface area contributed by atoms with Crippen molar-refractivity contribution in [3.8, 4) is 0 Å². The van der Waals surface area contributed by atoms with Gasteiger partial charge in [0.1, 0.15) is 0 Å². The Kier molecular flexibility index (Phi) is 27.1. The summed E-state index contributed by atoms with van der Waals surface area (Å²) in [6.45, 7) is 0. The van der Waals surface area contributed by atoms with Crippen LogP contribution in [0.4, 0.5) is 0 Å². The molecule has 28 heavy (non-hydrogen) atoms. The molecule has 0 aliphatic heterocycles. The van der Waals surface area contributed by atoms with Crippen LogP contribution >= 0.6 is 0 Å². The summed E-state index contributed by atoms with van der Waals surface area (Å²) in [6, 6.07) is 0. The average Bonchev–Trinajstić information content (AvgIpc) is 2.53. The molecule has 0 heterocycles. The third-order valence-corrected chi connectivity index (χ3v) is 6.73. The van der Waals surface area contributed by atoms with E-state index in [0.717, 1.165) is 0 Å². The molecule has 0 saturated heterocycles. The van der Waals surface area contributed by atoms with Gasteiger partial charge < -0.3 is 0 Å². The van der Waals surface area contributed by atoms with Crippen LogP contribution in [0.3, 0.4) is 0 Å². The van der Waals surface area contributed by atoms with Crippen molar-refractivity contribution in [3.05, 3.63) is 60.7 Å². The second kappa shape index (κ2) is 16.5. The van der Waals surface area contributed by atoms with Gasteiger partial charge in [-0.3, -0.25) is 35.1 Å².